The van der Waals surface area contributed by atoms with E-state index in [1.807, 2.05) is 54.7 Å². The van der Waals surface area contributed by atoms with Gasteiger partial charge in [-0.05, 0) is 77.0 Å². The highest BCUT2D eigenvalue weighted by atomic mass is 17.1. The van der Waals surface area contributed by atoms with Crippen LogP contribution in [0.15, 0.2) is 72.9 Å². The van der Waals surface area contributed by atoms with Gasteiger partial charge in [0.1, 0.15) is 31.5 Å². The molecule has 0 radical (unpaired) electrons. The molecule has 0 rings (SSSR count). The van der Waals surface area contributed by atoms with E-state index in [0.717, 1.165) is 148 Å². The van der Waals surface area contributed by atoms with Gasteiger partial charge in [-0.15, -0.1) is 0 Å². The molecule has 0 bridgehead atoms. The molecule has 0 aromatic heterocycles. The molecular weight excluding hydrogens is 889 g/mol. The molecule has 3 N–H and O–H groups in total. The van der Waals surface area contributed by atoms with E-state index in [1.54, 1.807) is 0 Å². The first-order chi connectivity index (χ1) is 34.3. The van der Waals surface area contributed by atoms with Gasteiger partial charge in [0, 0.05) is 19.3 Å². The summed E-state index contributed by atoms with van der Waals surface area (Å²) in [5.41, 5.74) is 0. The smallest absolute Gasteiger partial charge is 0.306 e. The van der Waals surface area contributed by atoms with E-state index < -0.39 is 12.1 Å². The van der Waals surface area contributed by atoms with Gasteiger partial charge in [-0.1, -0.05) is 216 Å². The first-order valence-electron chi connectivity index (χ1n) is 27.7. The minimum Gasteiger partial charge on any atom is -0.462 e. The maximum Gasteiger partial charge on any atom is 0.306 e. The third-order valence-electron chi connectivity index (χ3n) is 12.1. The average Bonchev–Trinajstić information content (AvgIpc) is 3.36. The quantitative estimate of drug-likeness (QED) is 0.0132. The van der Waals surface area contributed by atoms with E-state index >= 15 is 0 Å². The predicted molar refractivity (Wildman–Crippen MR) is 283 cm³/mol. The highest BCUT2D eigenvalue weighted by Crippen LogP contribution is 2.15. The van der Waals surface area contributed by atoms with Gasteiger partial charge < -0.3 is 14.2 Å². The van der Waals surface area contributed by atoms with Crippen LogP contribution in [0.4, 0.5) is 0 Å². The molecule has 0 saturated carbocycles. The molecule has 0 amide bonds. The summed E-state index contributed by atoms with van der Waals surface area (Å²) in [5.74, 6) is -1.14. The molecular formula is C58H100O12. The van der Waals surface area contributed by atoms with Gasteiger partial charge in [0.25, 0.3) is 0 Å². The lowest BCUT2D eigenvalue weighted by Gasteiger charge is -2.18. The van der Waals surface area contributed by atoms with Gasteiger partial charge in [0.05, 0.1) is 0 Å². The largest absolute Gasteiger partial charge is 0.462 e. The second kappa shape index (κ2) is 53.4. The Bertz CT molecular complexity index is 1370. The van der Waals surface area contributed by atoms with Crippen molar-refractivity contribution in [2.24, 2.45) is 0 Å². The number of allylic oxidation sites excluding steroid dienone is 9. The normalized spacial score (nSPS) is 14.0. The monoisotopic (exact) mass is 989 g/mol. The van der Waals surface area contributed by atoms with Gasteiger partial charge in [0.2, 0.25) is 0 Å². The fraction of sp³-hybridized carbons (Fsp3) is 0.741. The van der Waals surface area contributed by atoms with E-state index in [9.17, 15) is 19.6 Å². The molecule has 0 aliphatic heterocycles. The number of unbranched alkanes of at least 4 members (excludes halogenated alkanes) is 22. The number of carbonyl (C=O) groups is 3. The predicted octanol–water partition coefficient (Wildman–Crippen LogP) is 16.2. The summed E-state index contributed by atoms with van der Waals surface area (Å²) in [4.78, 5) is 51.9. The van der Waals surface area contributed by atoms with E-state index in [1.165, 1.54) is 25.7 Å². The van der Waals surface area contributed by atoms with Crippen molar-refractivity contribution in [3.05, 3.63) is 72.9 Å². The zero-order chi connectivity index (χ0) is 51.2. The Hall–Kier alpha value is -3.39. The molecule has 0 spiro atoms. The SMILES string of the molecule is CCCCCC/C=C\C=C\[C@@H](CCCCCCCC(=O)OC[C@@H](COC(=O)CCCCCCC/C=C\C=C\[C@H](CCCCC)OO)OC(=O)CCCCCCC/C=C\C=C\[C@@H](CCCCC)OO)OO. The Balaban J connectivity index is 4.70. The molecule has 0 aliphatic carbocycles. The van der Waals surface area contributed by atoms with Crippen molar-refractivity contribution in [2.45, 2.75) is 263 Å². The van der Waals surface area contributed by atoms with Gasteiger partial charge >= 0.3 is 17.9 Å². The lowest BCUT2D eigenvalue weighted by Crippen LogP contribution is -2.30. The Morgan fingerprint density at radius 1 is 0.371 bits per heavy atom. The van der Waals surface area contributed by atoms with Crippen molar-refractivity contribution < 1.29 is 59.0 Å². The van der Waals surface area contributed by atoms with E-state index in [-0.39, 0.29) is 62.7 Å². The maximum atomic E-state index is 12.9. The molecule has 0 aromatic carbocycles. The standard InChI is InChI=1S/C58H100O12/c1-4-7-10-11-12-19-25-36-45-54(70-64)46-37-28-24-31-39-48-57(60)66-51-55(67-58(61)49-40-30-23-18-14-16-21-27-35-44-53(69-63)42-33-9-6-3)50-65-56(59)47-38-29-22-17-13-15-20-26-34-43-52(68-62)41-32-8-5-2/h19-21,25-27,34-36,43-45,52-55,62-64H,4-18,22-24,28-33,37-42,46-51H2,1-3H3/b25-19-,26-20-,27-21-,43-34+,44-35+,45-36+/t52-,53+,54-,55+/m0/s1. The van der Waals surface area contributed by atoms with Crippen LogP contribution < -0.4 is 0 Å². The van der Waals surface area contributed by atoms with Crippen molar-refractivity contribution in [1.29, 1.82) is 0 Å². The minimum atomic E-state index is -0.875. The summed E-state index contributed by atoms with van der Waals surface area (Å²) in [6, 6.07) is 0. The topological polar surface area (TPSA) is 167 Å². The van der Waals surface area contributed by atoms with Crippen LogP contribution in [0, 0.1) is 0 Å². The van der Waals surface area contributed by atoms with Crippen LogP contribution in [0.1, 0.15) is 239 Å². The number of carbonyl (C=O) groups excluding carboxylic acids is 3. The van der Waals surface area contributed by atoms with Gasteiger partial charge in [-0.2, -0.15) is 0 Å². The number of hydrogen-bond acceptors (Lipinski definition) is 12. The van der Waals surface area contributed by atoms with Crippen LogP contribution in [0.5, 0.6) is 0 Å². The molecule has 0 fully saturated rings. The first kappa shape index (κ1) is 66.6. The Kier molecular flexibility index (Phi) is 50.8. The number of hydrogen-bond donors (Lipinski definition) is 3. The molecule has 404 valence electrons. The van der Waals surface area contributed by atoms with Gasteiger partial charge in [-0.25, -0.2) is 14.7 Å². The summed E-state index contributed by atoms with van der Waals surface area (Å²) >= 11 is 0. The van der Waals surface area contributed by atoms with Gasteiger partial charge in [-0.3, -0.25) is 30.2 Å². The van der Waals surface area contributed by atoms with Crippen molar-refractivity contribution in [2.75, 3.05) is 13.2 Å². The fourth-order valence-electron chi connectivity index (χ4n) is 7.67. The molecule has 0 unspecified atom stereocenters. The van der Waals surface area contributed by atoms with Crippen molar-refractivity contribution in [3.63, 3.8) is 0 Å². The van der Waals surface area contributed by atoms with Crippen LogP contribution >= 0.6 is 0 Å². The molecule has 0 aromatic rings. The molecule has 0 saturated heterocycles. The fourth-order valence-corrected chi connectivity index (χ4v) is 7.67. The molecule has 4 atom stereocenters. The summed E-state index contributed by atoms with van der Waals surface area (Å²) in [7, 11) is 0. The van der Waals surface area contributed by atoms with Crippen LogP contribution in [0.25, 0.3) is 0 Å². The van der Waals surface area contributed by atoms with Crippen molar-refractivity contribution in [3.8, 4) is 0 Å². The highest BCUT2D eigenvalue weighted by molar-refractivity contribution is 5.71. The summed E-state index contributed by atoms with van der Waals surface area (Å²) < 4.78 is 16.7. The van der Waals surface area contributed by atoms with Crippen molar-refractivity contribution >= 4 is 17.9 Å². The van der Waals surface area contributed by atoms with E-state index in [2.05, 4.69) is 53.7 Å². The molecule has 12 heteroatoms. The molecule has 0 heterocycles. The Morgan fingerprint density at radius 2 is 0.671 bits per heavy atom. The third kappa shape index (κ3) is 47.0. The van der Waals surface area contributed by atoms with E-state index in [0.29, 0.717) is 25.7 Å². The first-order valence-corrected chi connectivity index (χ1v) is 27.7. The highest BCUT2D eigenvalue weighted by Gasteiger charge is 2.20. The summed E-state index contributed by atoms with van der Waals surface area (Å²) in [6.07, 6.45) is 53.2. The minimum absolute atomic E-state index is 0.166. The van der Waals surface area contributed by atoms with Crippen LogP contribution in [0.2, 0.25) is 0 Å². The Morgan fingerprint density at radius 3 is 1.04 bits per heavy atom. The van der Waals surface area contributed by atoms with Crippen molar-refractivity contribution in [1.82, 2.24) is 0 Å². The van der Waals surface area contributed by atoms with Crippen LogP contribution in [-0.2, 0) is 43.3 Å². The maximum absolute atomic E-state index is 12.9. The summed E-state index contributed by atoms with van der Waals surface area (Å²) in [6.45, 7) is 6.16. The second-order valence-electron chi connectivity index (χ2n) is 18.6. The molecule has 70 heavy (non-hydrogen) atoms. The van der Waals surface area contributed by atoms with Gasteiger partial charge in [0.15, 0.2) is 6.10 Å². The average molecular weight is 989 g/mol. The second-order valence-corrected chi connectivity index (χ2v) is 18.6. The van der Waals surface area contributed by atoms with Crippen LogP contribution in [0.3, 0.4) is 0 Å². The summed E-state index contributed by atoms with van der Waals surface area (Å²) in [5, 5.41) is 27.4. The van der Waals surface area contributed by atoms with E-state index in [4.69, 9.17) is 24.7 Å². The number of esters is 3. The number of ether oxygens (including phenoxy) is 3. The third-order valence-corrected chi connectivity index (χ3v) is 12.1. The lowest BCUT2D eigenvalue weighted by molar-refractivity contribution is -0.267. The van der Waals surface area contributed by atoms with Crippen LogP contribution in [-0.4, -0.2) is 71.3 Å². The zero-order valence-corrected chi connectivity index (χ0v) is 44.2. The molecule has 12 nitrogen and oxygen atoms in total. The molecule has 0 aliphatic rings. The number of rotatable bonds is 51. The zero-order valence-electron chi connectivity index (χ0n) is 44.2. The lowest BCUT2D eigenvalue weighted by atomic mass is 10.1. The Labute approximate surface area is 425 Å².